The number of benzene rings is 2. The lowest BCUT2D eigenvalue weighted by atomic mass is 10.2. The predicted octanol–water partition coefficient (Wildman–Crippen LogP) is 3.46. The molecule has 1 aliphatic heterocycles. The molecule has 0 aliphatic carbocycles. The van der Waals surface area contributed by atoms with E-state index in [1.165, 1.54) is 36.7 Å². The summed E-state index contributed by atoms with van der Waals surface area (Å²) in [6.07, 6.45) is 3.07. The number of likely N-dealkylation sites (tertiary alicyclic amines) is 1. The summed E-state index contributed by atoms with van der Waals surface area (Å²) in [5, 5.41) is 0. The maximum Gasteiger partial charge on any atom is 0.338 e. The molecule has 2 aromatic carbocycles. The minimum absolute atomic E-state index is 0.0306. The number of sulfonamides is 1. The second kappa shape index (κ2) is 11.5. The molecule has 184 valence electrons. The van der Waals surface area contributed by atoms with Crippen molar-refractivity contribution in [3.05, 3.63) is 59.7 Å². The highest BCUT2D eigenvalue weighted by Gasteiger charge is 2.29. The third kappa shape index (κ3) is 6.15. The van der Waals surface area contributed by atoms with E-state index in [2.05, 4.69) is 0 Å². The average molecular weight is 489 g/mol. The lowest BCUT2D eigenvalue weighted by Gasteiger charge is -2.24. The summed E-state index contributed by atoms with van der Waals surface area (Å²) in [4.78, 5) is 27.1. The first-order valence-electron chi connectivity index (χ1n) is 11.4. The van der Waals surface area contributed by atoms with Gasteiger partial charge >= 0.3 is 5.97 Å². The largest absolute Gasteiger partial charge is 0.495 e. The molecule has 1 atom stereocenters. The van der Waals surface area contributed by atoms with E-state index >= 15 is 0 Å². The summed E-state index contributed by atoms with van der Waals surface area (Å²) < 4.78 is 38.5. The summed E-state index contributed by atoms with van der Waals surface area (Å²) in [5.41, 5.74) is 0.854. The number of nitrogens with zero attached hydrogens (tertiary/aromatic N) is 2. The van der Waals surface area contributed by atoms with Gasteiger partial charge in [-0.05, 0) is 43.5 Å². The molecule has 2 aromatic rings. The van der Waals surface area contributed by atoms with Gasteiger partial charge in [0.1, 0.15) is 10.6 Å². The Morgan fingerprint density at radius 2 is 1.68 bits per heavy atom. The van der Waals surface area contributed by atoms with E-state index in [0.717, 1.165) is 31.2 Å². The van der Waals surface area contributed by atoms with Crippen molar-refractivity contribution in [3.63, 3.8) is 0 Å². The van der Waals surface area contributed by atoms with Gasteiger partial charge in [0.15, 0.2) is 6.10 Å². The second-order valence-corrected chi connectivity index (χ2v) is 10.4. The summed E-state index contributed by atoms with van der Waals surface area (Å²) in [5.74, 6) is -0.884. The van der Waals surface area contributed by atoms with Crippen LogP contribution < -0.4 is 4.74 Å². The van der Waals surface area contributed by atoms with Crippen molar-refractivity contribution in [2.75, 3.05) is 27.2 Å². The first-order valence-corrected chi connectivity index (χ1v) is 12.9. The number of ether oxygens (including phenoxy) is 2. The number of amides is 1. The van der Waals surface area contributed by atoms with E-state index in [9.17, 15) is 18.0 Å². The Morgan fingerprint density at radius 1 is 1.03 bits per heavy atom. The third-order valence-corrected chi connectivity index (χ3v) is 7.71. The van der Waals surface area contributed by atoms with Crippen LogP contribution in [0.1, 0.15) is 48.5 Å². The standard InChI is InChI=1S/C25H32N2O6S/c1-19(24(28)27-15-9-4-5-10-16-27)33-25(29)21-13-14-22(32-3)23(17-21)34(30,31)26(2)18-20-11-7-6-8-12-20/h6-8,11-14,17,19H,4-5,9-10,15-16,18H2,1-3H3. The van der Waals surface area contributed by atoms with Gasteiger partial charge in [-0.2, -0.15) is 4.31 Å². The Labute approximate surface area is 201 Å². The molecule has 1 aliphatic rings. The average Bonchev–Trinajstić information content (AvgIpc) is 3.13. The fraction of sp³-hybridized carbons (Fsp3) is 0.440. The highest BCUT2D eigenvalue weighted by molar-refractivity contribution is 7.89. The molecule has 0 N–H and O–H groups in total. The molecule has 3 rings (SSSR count). The first-order chi connectivity index (χ1) is 16.2. The minimum atomic E-state index is -3.98. The van der Waals surface area contributed by atoms with Crippen LogP contribution in [0.5, 0.6) is 5.75 Å². The molecular weight excluding hydrogens is 456 g/mol. The molecule has 1 saturated heterocycles. The maximum atomic E-state index is 13.3. The van der Waals surface area contributed by atoms with E-state index in [0.29, 0.717) is 13.1 Å². The van der Waals surface area contributed by atoms with Gasteiger partial charge in [-0.25, -0.2) is 13.2 Å². The van der Waals surface area contributed by atoms with E-state index in [-0.39, 0.29) is 28.7 Å². The Balaban J connectivity index is 1.78. The van der Waals surface area contributed by atoms with Crippen LogP contribution in [0.3, 0.4) is 0 Å². The zero-order valence-corrected chi connectivity index (χ0v) is 20.7. The molecule has 0 aromatic heterocycles. The summed E-state index contributed by atoms with van der Waals surface area (Å²) in [7, 11) is -1.14. The Kier molecular flexibility index (Phi) is 8.68. The lowest BCUT2D eigenvalue weighted by molar-refractivity contribution is -0.139. The van der Waals surface area contributed by atoms with Gasteiger partial charge in [-0.1, -0.05) is 43.2 Å². The molecule has 0 spiro atoms. The molecule has 0 bridgehead atoms. The van der Waals surface area contributed by atoms with E-state index < -0.39 is 22.1 Å². The quantitative estimate of drug-likeness (QED) is 0.529. The van der Waals surface area contributed by atoms with Crippen molar-refractivity contribution in [2.24, 2.45) is 0 Å². The fourth-order valence-electron chi connectivity index (χ4n) is 3.93. The molecule has 1 heterocycles. The number of rotatable bonds is 8. The first kappa shape index (κ1) is 25.7. The van der Waals surface area contributed by atoms with Crippen LogP contribution in [0.4, 0.5) is 0 Å². The van der Waals surface area contributed by atoms with Crippen molar-refractivity contribution in [1.29, 1.82) is 0 Å². The van der Waals surface area contributed by atoms with Crippen molar-refractivity contribution in [3.8, 4) is 5.75 Å². The van der Waals surface area contributed by atoms with Crippen LogP contribution in [0.15, 0.2) is 53.4 Å². The van der Waals surface area contributed by atoms with Crippen LogP contribution in [0.2, 0.25) is 0 Å². The van der Waals surface area contributed by atoms with Gasteiger partial charge in [0.25, 0.3) is 5.91 Å². The van der Waals surface area contributed by atoms with Gasteiger partial charge in [0, 0.05) is 26.7 Å². The number of carbonyl (C=O) groups excluding carboxylic acids is 2. The van der Waals surface area contributed by atoms with Gasteiger partial charge in [-0.15, -0.1) is 0 Å². The van der Waals surface area contributed by atoms with Crippen molar-refractivity contribution in [2.45, 2.75) is 50.2 Å². The third-order valence-electron chi connectivity index (χ3n) is 5.88. The van der Waals surface area contributed by atoms with Gasteiger partial charge < -0.3 is 14.4 Å². The lowest BCUT2D eigenvalue weighted by Crippen LogP contribution is -2.40. The van der Waals surface area contributed by atoms with E-state index in [1.807, 2.05) is 30.3 Å². The number of hydrogen-bond acceptors (Lipinski definition) is 6. The minimum Gasteiger partial charge on any atom is -0.495 e. The van der Waals surface area contributed by atoms with E-state index in [4.69, 9.17) is 9.47 Å². The van der Waals surface area contributed by atoms with E-state index in [1.54, 1.807) is 11.8 Å². The van der Waals surface area contributed by atoms with Crippen LogP contribution >= 0.6 is 0 Å². The van der Waals surface area contributed by atoms with Crippen molar-refractivity contribution >= 4 is 21.9 Å². The molecular formula is C25H32N2O6S. The molecule has 0 saturated carbocycles. The van der Waals surface area contributed by atoms with Gasteiger partial charge in [-0.3, -0.25) is 4.79 Å². The predicted molar refractivity (Wildman–Crippen MR) is 128 cm³/mol. The molecule has 1 fully saturated rings. The van der Waals surface area contributed by atoms with Crippen LogP contribution in [0.25, 0.3) is 0 Å². The fourth-order valence-corrected chi connectivity index (χ4v) is 5.26. The zero-order valence-electron chi connectivity index (χ0n) is 19.9. The number of hydrogen-bond donors (Lipinski definition) is 0. The molecule has 1 amide bonds. The Bertz CT molecular complexity index is 1100. The van der Waals surface area contributed by atoms with Crippen LogP contribution in [0, 0.1) is 0 Å². The monoisotopic (exact) mass is 488 g/mol. The normalized spacial score (nSPS) is 15.5. The molecule has 9 heteroatoms. The topological polar surface area (TPSA) is 93.2 Å². The second-order valence-electron chi connectivity index (χ2n) is 8.40. The Morgan fingerprint density at radius 3 is 2.29 bits per heavy atom. The molecule has 34 heavy (non-hydrogen) atoms. The number of esters is 1. The SMILES string of the molecule is COc1ccc(C(=O)OC(C)C(=O)N2CCCCCC2)cc1S(=O)(=O)N(C)Cc1ccccc1. The van der Waals surface area contributed by atoms with Gasteiger partial charge in [0.2, 0.25) is 10.0 Å². The number of methoxy groups -OCH3 is 1. The summed E-state index contributed by atoms with van der Waals surface area (Å²) >= 11 is 0. The molecule has 1 unspecified atom stereocenters. The van der Waals surface area contributed by atoms with Gasteiger partial charge in [0.05, 0.1) is 12.7 Å². The molecule has 8 nitrogen and oxygen atoms in total. The summed E-state index contributed by atoms with van der Waals surface area (Å²) in [6.45, 7) is 3.00. The van der Waals surface area contributed by atoms with Crippen LogP contribution in [-0.2, 0) is 26.1 Å². The van der Waals surface area contributed by atoms with Crippen molar-refractivity contribution in [1.82, 2.24) is 9.21 Å². The zero-order chi connectivity index (χ0) is 24.7. The highest BCUT2D eigenvalue weighted by Crippen LogP contribution is 2.28. The number of carbonyl (C=O) groups is 2. The van der Waals surface area contributed by atoms with Crippen molar-refractivity contribution < 1.29 is 27.5 Å². The Hall–Kier alpha value is -2.91. The van der Waals surface area contributed by atoms with Crippen LogP contribution in [-0.4, -0.2) is 62.9 Å². The maximum absolute atomic E-state index is 13.3. The summed E-state index contributed by atoms with van der Waals surface area (Å²) in [6, 6.07) is 13.3. The molecule has 0 radical (unpaired) electrons. The smallest absolute Gasteiger partial charge is 0.338 e. The highest BCUT2D eigenvalue weighted by atomic mass is 32.2.